The maximum absolute atomic E-state index is 2.43. The second kappa shape index (κ2) is 2.70. The summed E-state index contributed by atoms with van der Waals surface area (Å²) in [7, 11) is 2.21. The fourth-order valence-corrected chi connectivity index (χ4v) is 1.63. The largest absolute Gasteiger partial charge is 0.306 e. The van der Waals surface area contributed by atoms with Gasteiger partial charge in [0.25, 0.3) is 0 Å². The number of rotatable bonds is 0. The Balaban J connectivity index is 0.000000186. The van der Waals surface area contributed by atoms with Gasteiger partial charge in [-0.15, -0.1) is 0 Å². The molecule has 1 heteroatoms. The Bertz CT molecular complexity index is 80.6. The molecule has 0 aromatic heterocycles. The number of hydrogen-bond acceptors (Lipinski definition) is 1. The Morgan fingerprint density at radius 3 is 1.78 bits per heavy atom. The van der Waals surface area contributed by atoms with Gasteiger partial charge in [0.2, 0.25) is 0 Å². The van der Waals surface area contributed by atoms with Crippen LogP contribution in [0.5, 0.6) is 0 Å². The summed E-state index contributed by atoms with van der Waals surface area (Å²) in [5, 5.41) is 0. The number of nitrogens with zero attached hydrogens (tertiary/aromatic N) is 1. The molecular weight excluding hydrogens is 110 g/mol. The normalized spacial score (nSPS) is 39.0. The van der Waals surface area contributed by atoms with E-state index >= 15 is 0 Å². The van der Waals surface area contributed by atoms with Gasteiger partial charge in [-0.05, 0) is 25.3 Å². The Morgan fingerprint density at radius 2 is 1.56 bits per heavy atom. The minimum absolute atomic E-state index is 1.12. The first-order chi connectivity index (χ1) is 4.36. The highest BCUT2D eigenvalue weighted by Gasteiger charge is 2.43. The van der Waals surface area contributed by atoms with Crippen molar-refractivity contribution in [3.63, 3.8) is 0 Å². The van der Waals surface area contributed by atoms with Gasteiger partial charge in [0.05, 0.1) is 0 Å². The predicted octanol–water partition coefficient (Wildman–Crippen LogP) is 1.59. The van der Waals surface area contributed by atoms with Crippen molar-refractivity contribution in [1.82, 2.24) is 4.90 Å². The first-order valence-electron chi connectivity index (χ1n) is 4.05. The highest BCUT2D eigenvalue weighted by molar-refractivity contribution is 4.95. The molecule has 1 aliphatic heterocycles. The van der Waals surface area contributed by atoms with E-state index in [2.05, 4.69) is 11.9 Å². The quantitative estimate of drug-likeness (QED) is 0.477. The average Bonchev–Trinajstić information content (AvgIpc) is 2.46. The van der Waals surface area contributed by atoms with Gasteiger partial charge < -0.3 is 4.90 Å². The minimum atomic E-state index is 1.12. The first kappa shape index (κ1) is 7.07. The van der Waals surface area contributed by atoms with Crippen molar-refractivity contribution in [3.05, 3.63) is 0 Å². The fourth-order valence-electron chi connectivity index (χ4n) is 1.63. The van der Waals surface area contributed by atoms with Gasteiger partial charge in [0.15, 0.2) is 0 Å². The van der Waals surface area contributed by atoms with E-state index in [1.165, 1.54) is 19.5 Å². The molecule has 1 saturated carbocycles. The van der Waals surface area contributed by atoms with Crippen molar-refractivity contribution < 1.29 is 0 Å². The zero-order valence-corrected chi connectivity index (χ0v) is 6.72. The molecule has 2 fully saturated rings. The van der Waals surface area contributed by atoms with Crippen LogP contribution in [0.15, 0.2) is 0 Å². The second-order valence-electron chi connectivity index (χ2n) is 2.98. The SMILES string of the molecule is CC.CN1CC2CC2C1. The van der Waals surface area contributed by atoms with Gasteiger partial charge in [-0.25, -0.2) is 0 Å². The topological polar surface area (TPSA) is 3.24 Å². The number of likely N-dealkylation sites (tertiary alicyclic amines) is 1. The molecule has 0 amide bonds. The summed E-state index contributed by atoms with van der Waals surface area (Å²) in [6.45, 7) is 6.76. The van der Waals surface area contributed by atoms with E-state index < -0.39 is 0 Å². The second-order valence-corrected chi connectivity index (χ2v) is 2.98. The molecule has 1 heterocycles. The van der Waals surface area contributed by atoms with E-state index in [4.69, 9.17) is 0 Å². The van der Waals surface area contributed by atoms with Crippen molar-refractivity contribution in [2.75, 3.05) is 20.1 Å². The maximum Gasteiger partial charge on any atom is 0.000997 e. The number of piperidine rings is 1. The van der Waals surface area contributed by atoms with Crippen molar-refractivity contribution in [2.24, 2.45) is 11.8 Å². The van der Waals surface area contributed by atoms with Crippen LogP contribution in [-0.4, -0.2) is 25.0 Å². The Kier molecular flexibility index (Phi) is 2.12. The molecule has 0 bridgehead atoms. The highest BCUT2D eigenvalue weighted by Crippen LogP contribution is 2.43. The standard InChI is InChI=1S/C6H11N.C2H6/c1-7-3-5-2-6(5)4-7;1-2/h5-6H,2-4H2,1H3;1-2H3. The van der Waals surface area contributed by atoms with Crippen LogP contribution in [0, 0.1) is 11.8 Å². The minimum Gasteiger partial charge on any atom is -0.306 e. The smallest absolute Gasteiger partial charge is 0.000997 e. The average molecular weight is 127 g/mol. The summed E-state index contributed by atoms with van der Waals surface area (Å²) in [4.78, 5) is 2.43. The van der Waals surface area contributed by atoms with Crippen LogP contribution in [0.25, 0.3) is 0 Å². The summed E-state index contributed by atoms with van der Waals surface area (Å²) in [5.41, 5.74) is 0. The van der Waals surface area contributed by atoms with E-state index in [-0.39, 0.29) is 0 Å². The predicted molar refractivity (Wildman–Crippen MR) is 40.4 cm³/mol. The third-order valence-electron chi connectivity index (χ3n) is 2.16. The van der Waals surface area contributed by atoms with Gasteiger partial charge in [-0.2, -0.15) is 0 Å². The van der Waals surface area contributed by atoms with Crippen LogP contribution in [0.1, 0.15) is 20.3 Å². The molecule has 0 aromatic rings. The van der Waals surface area contributed by atoms with Gasteiger partial charge in [0, 0.05) is 13.1 Å². The Labute approximate surface area is 58.0 Å². The van der Waals surface area contributed by atoms with Crippen molar-refractivity contribution in [2.45, 2.75) is 20.3 Å². The molecule has 0 aromatic carbocycles. The van der Waals surface area contributed by atoms with Crippen LogP contribution >= 0.6 is 0 Å². The third kappa shape index (κ3) is 1.45. The van der Waals surface area contributed by atoms with Crippen LogP contribution in [-0.2, 0) is 0 Å². The first-order valence-corrected chi connectivity index (χ1v) is 4.05. The molecule has 9 heavy (non-hydrogen) atoms. The number of fused-ring (bicyclic) bond motifs is 1. The monoisotopic (exact) mass is 127 g/mol. The van der Waals surface area contributed by atoms with Gasteiger partial charge in [0.1, 0.15) is 0 Å². The van der Waals surface area contributed by atoms with Crippen molar-refractivity contribution in [1.29, 1.82) is 0 Å². The van der Waals surface area contributed by atoms with E-state index in [1.54, 1.807) is 0 Å². The fraction of sp³-hybridized carbons (Fsp3) is 1.00. The molecule has 1 saturated heterocycles. The lowest BCUT2D eigenvalue weighted by molar-refractivity contribution is 0.373. The third-order valence-corrected chi connectivity index (χ3v) is 2.16. The molecule has 0 spiro atoms. The lowest BCUT2D eigenvalue weighted by Gasteiger charge is -2.06. The summed E-state index contributed by atoms with van der Waals surface area (Å²) in [5.74, 6) is 2.23. The van der Waals surface area contributed by atoms with Crippen LogP contribution in [0.2, 0.25) is 0 Å². The molecule has 1 aliphatic carbocycles. The lowest BCUT2D eigenvalue weighted by atomic mass is 10.4. The van der Waals surface area contributed by atoms with Crippen LogP contribution in [0.3, 0.4) is 0 Å². The molecule has 2 unspecified atom stereocenters. The van der Waals surface area contributed by atoms with Crippen LogP contribution < -0.4 is 0 Å². The zero-order valence-electron chi connectivity index (χ0n) is 6.72. The van der Waals surface area contributed by atoms with Gasteiger partial charge in [-0.3, -0.25) is 0 Å². The van der Waals surface area contributed by atoms with E-state index in [0.29, 0.717) is 0 Å². The van der Waals surface area contributed by atoms with E-state index in [9.17, 15) is 0 Å². The molecule has 2 rings (SSSR count). The summed E-state index contributed by atoms with van der Waals surface area (Å²) in [6.07, 6.45) is 1.53. The molecule has 0 N–H and O–H groups in total. The summed E-state index contributed by atoms with van der Waals surface area (Å²) < 4.78 is 0. The molecular formula is C8H17N. The Morgan fingerprint density at radius 1 is 1.11 bits per heavy atom. The van der Waals surface area contributed by atoms with E-state index in [0.717, 1.165) is 11.8 Å². The highest BCUT2D eigenvalue weighted by atomic mass is 15.1. The molecule has 54 valence electrons. The van der Waals surface area contributed by atoms with Crippen molar-refractivity contribution in [3.8, 4) is 0 Å². The maximum atomic E-state index is 2.43. The van der Waals surface area contributed by atoms with Gasteiger partial charge >= 0.3 is 0 Å². The lowest BCUT2D eigenvalue weighted by Crippen LogP contribution is -2.15. The molecule has 1 nitrogen and oxygen atoms in total. The molecule has 0 radical (unpaired) electrons. The Hall–Kier alpha value is -0.0400. The van der Waals surface area contributed by atoms with Gasteiger partial charge in [-0.1, -0.05) is 13.8 Å². The van der Waals surface area contributed by atoms with Crippen molar-refractivity contribution >= 4 is 0 Å². The molecule has 2 aliphatic rings. The van der Waals surface area contributed by atoms with Crippen LogP contribution in [0.4, 0.5) is 0 Å². The number of hydrogen-bond donors (Lipinski definition) is 0. The summed E-state index contributed by atoms with van der Waals surface area (Å²) in [6, 6.07) is 0. The summed E-state index contributed by atoms with van der Waals surface area (Å²) >= 11 is 0. The molecule has 2 atom stereocenters. The zero-order chi connectivity index (χ0) is 6.85. The van der Waals surface area contributed by atoms with E-state index in [1.807, 2.05) is 13.8 Å².